The number of carbonyl (C=O) groups excluding carboxylic acids is 1. The van der Waals surface area contributed by atoms with E-state index in [0.717, 1.165) is 18.5 Å². The van der Waals surface area contributed by atoms with Crippen LogP contribution in [0.15, 0.2) is 16.3 Å². The molecule has 0 aliphatic carbocycles. The van der Waals surface area contributed by atoms with Crippen molar-refractivity contribution >= 4 is 11.7 Å². The molecule has 86 valence electrons. The summed E-state index contributed by atoms with van der Waals surface area (Å²) >= 11 is 0. The number of ketones is 1. The first kappa shape index (κ1) is 12.2. The molecular formula is C11H16N4O. The summed E-state index contributed by atoms with van der Waals surface area (Å²) in [4.78, 5) is 15.8. The molecule has 0 bridgehead atoms. The molecule has 1 aliphatic rings. The smallest absolute Gasteiger partial charge is 0.209 e. The number of carbonyl (C=O) groups is 1. The van der Waals surface area contributed by atoms with Crippen molar-refractivity contribution in [2.24, 2.45) is 4.99 Å². The topological polar surface area (TPSA) is 77.3 Å². The normalized spacial score (nSPS) is 19.6. The second-order valence-corrected chi connectivity index (χ2v) is 3.74. The summed E-state index contributed by atoms with van der Waals surface area (Å²) in [7, 11) is 0. The molecule has 0 aromatic rings. The number of nitriles is 1. The van der Waals surface area contributed by atoms with Gasteiger partial charge < -0.3 is 5.32 Å². The average Bonchev–Trinajstić information content (AvgIpc) is 2.17. The molecule has 0 saturated heterocycles. The number of allylic oxidation sites excluding steroid dienone is 1. The fraction of sp³-hybridized carbons (Fsp3) is 0.545. The van der Waals surface area contributed by atoms with Crippen molar-refractivity contribution in [3.05, 3.63) is 11.3 Å². The number of hydrogen-bond donors (Lipinski definition) is 2. The van der Waals surface area contributed by atoms with Crippen molar-refractivity contribution in [1.29, 1.82) is 5.26 Å². The van der Waals surface area contributed by atoms with Crippen molar-refractivity contribution in [3.8, 4) is 6.19 Å². The number of nitrogens with one attached hydrogen (secondary N) is 2. The summed E-state index contributed by atoms with van der Waals surface area (Å²) in [5, 5.41) is 13.9. The van der Waals surface area contributed by atoms with Crippen LogP contribution in [0.3, 0.4) is 0 Å². The quantitative estimate of drug-likeness (QED) is 0.550. The van der Waals surface area contributed by atoms with Gasteiger partial charge in [0.05, 0.1) is 6.04 Å². The highest BCUT2D eigenvalue weighted by atomic mass is 16.1. The Hall–Kier alpha value is -1.83. The lowest BCUT2D eigenvalue weighted by Crippen LogP contribution is -2.40. The molecule has 1 rings (SSSR count). The Labute approximate surface area is 95.2 Å². The fourth-order valence-electron chi connectivity index (χ4n) is 1.84. The van der Waals surface area contributed by atoms with E-state index in [1.54, 1.807) is 6.92 Å². The molecule has 0 radical (unpaired) electrons. The molecule has 0 unspecified atom stereocenters. The highest BCUT2D eigenvalue weighted by Crippen LogP contribution is 2.20. The number of hydrogen-bond acceptors (Lipinski definition) is 5. The van der Waals surface area contributed by atoms with Gasteiger partial charge in [-0.2, -0.15) is 5.26 Å². The van der Waals surface area contributed by atoms with Gasteiger partial charge in [-0.05, 0) is 20.3 Å². The minimum atomic E-state index is -0.139. The van der Waals surface area contributed by atoms with Crippen LogP contribution < -0.4 is 10.6 Å². The average molecular weight is 220 g/mol. The van der Waals surface area contributed by atoms with Gasteiger partial charge in [0.15, 0.2) is 12.0 Å². The summed E-state index contributed by atoms with van der Waals surface area (Å²) in [6.45, 7) is 5.41. The number of nitrogens with zero attached hydrogens (tertiary/aromatic N) is 2. The Morgan fingerprint density at radius 1 is 1.69 bits per heavy atom. The molecule has 0 fully saturated rings. The summed E-state index contributed by atoms with van der Waals surface area (Å²) < 4.78 is 0. The highest BCUT2D eigenvalue weighted by molar-refractivity contribution is 5.98. The lowest BCUT2D eigenvalue weighted by molar-refractivity contribution is -0.113. The second kappa shape index (κ2) is 5.31. The van der Waals surface area contributed by atoms with Crippen molar-refractivity contribution < 1.29 is 4.79 Å². The van der Waals surface area contributed by atoms with E-state index in [4.69, 9.17) is 5.26 Å². The molecule has 1 heterocycles. The number of rotatable bonds is 3. The lowest BCUT2D eigenvalue weighted by atomic mass is 9.97. The Morgan fingerprint density at radius 3 is 2.88 bits per heavy atom. The van der Waals surface area contributed by atoms with Gasteiger partial charge in [-0.1, -0.05) is 13.3 Å². The van der Waals surface area contributed by atoms with Crippen LogP contribution in [0, 0.1) is 11.5 Å². The predicted molar refractivity (Wildman–Crippen MR) is 61.4 cm³/mol. The van der Waals surface area contributed by atoms with Crippen LogP contribution in [0.25, 0.3) is 0 Å². The maximum atomic E-state index is 11.5. The van der Waals surface area contributed by atoms with Crippen LogP contribution >= 0.6 is 0 Å². The van der Waals surface area contributed by atoms with Crippen molar-refractivity contribution in [2.45, 2.75) is 39.7 Å². The summed E-state index contributed by atoms with van der Waals surface area (Å²) in [6, 6.07) is -0.139. The molecule has 0 amide bonds. The number of aliphatic imine (C=N–C) groups is 1. The third-order valence-electron chi connectivity index (χ3n) is 2.44. The van der Waals surface area contributed by atoms with E-state index in [9.17, 15) is 4.79 Å². The van der Waals surface area contributed by atoms with Gasteiger partial charge in [0.2, 0.25) is 5.96 Å². The maximum Gasteiger partial charge on any atom is 0.209 e. The van der Waals surface area contributed by atoms with Crippen LogP contribution in [0.4, 0.5) is 0 Å². The van der Waals surface area contributed by atoms with E-state index in [1.165, 1.54) is 0 Å². The van der Waals surface area contributed by atoms with E-state index in [0.29, 0.717) is 11.5 Å². The number of Topliss-reactive ketones (excluding diaryl/α,β-unsaturated/α-hetero) is 1. The van der Waals surface area contributed by atoms with Crippen molar-refractivity contribution in [3.63, 3.8) is 0 Å². The van der Waals surface area contributed by atoms with Crippen LogP contribution in [-0.2, 0) is 4.79 Å². The van der Waals surface area contributed by atoms with Crippen LogP contribution in [0.1, 0.15) is 33.6 Å². The third-order valence-corrected chi connectivity index (χ3v) is 2.44. The molecule has 0 aromatic heterocycles. The molecular weight excluding hydrogens is 204 g/mol. The third kappa shape index (κ3) is 2.60. The van der Waals surface area contributed by atoms with E-state index >= 15 is 0 Å². The molecule has 0 spiro atoms. The molecule has 0 aromatic carbocycles. The zero-order chi connectivity index (χ0) is 12.1. The summed E-state index contributed by atoms with van der Waals surface area (Å²) in [5.74, 6) is 0.451. The van der Waals surface area contributed by atoms with Gasteiger partial charge >= 0.3 is 0 Å². The molecule has 0 saturated carbocycles. The molecule has 5 nitrogen and oxygen atoms in total. The van der Waals surface area contributed by atoms with Crippen LogP contribution in [0.2, 0.25) is 0 Å². The minimum absolute atomic E-state index is 0.0307. The van der Waals surface area contributed by atoms with Crippen LogP contribution in [-0.4, -0.2) is 17.8 Å². The Morgan fingerprint density at radius 2 is 2.38 bits per heavy atom. The van der Waals surface area contributed by atoms with Gasteiger partial charge in [-0.25, -0.2) is 4.99 Å². The maximum absolute atomic E-state index is 11.5. The number of guanidine groups is 1. The van der Waals surface area contributed by atoms with E-state index in [1.807, 2.05) is 20.0 Å². The Kier molecular flexibility index (Phi) is 4.06. The van der Waals surface area contributed by atoms with Gasteiger partial charge in [0.25, 0.3) is 0 Å². The van der Waals surface area contributed by atoms with Gasteiger partial charge in [0, 0.05) is 11.3 Å². The second-order valence-electron chi connectivity index (χ2n) is 3.74. The molecule has 16 heavy (non-hydrogen) atoms. The van der Waals surface area contributed by atoms with Crippen molar-refractivity contribution in [2.75, 3.05) is 0 Å². The first-order valence-corrected chi connectivity index (χ1v) is 5.31. The first-order chi connectivity index (χ1) is 7.60. The van der Waals surface area contributed by atoms with Gasteiger partial charge in [-0.3, -0.25) is 10.1 Å². The van der Waals surface area contributed by atoms with Gasteiger partial charge in [0.1, 0.15) is 0 Å². The van der Waals surface area contributed by atoms with E-state index < -0.39 is 0 Å². The van der Waals surface area contributed by atoms with Crippen molar-refractivity contribution in [1.82, 2.24) is 10.6 Å². The Balaban J connectivity index is 2.98. The first-order valence-electron chi connectivity index (χ1n) is 5.31. The fourth-order valence-corrected chi connectivity index (χ4v) is 1.84. The predicted octanol–water partition coefficient (Wildman–Crippen LogP) is 1.05. The molecule has 1 aliphatic heterocycles. The summed E-state index contributed by atoms with van der Waals surface area (Å²) in [5.41, 5.74) is 1.49. The van der Waals surface area contributed by atoms with E-state index in [2.05, 4.69) is 15.6 Å². The summed E-state index contributed by atoms with van der Waals surface area (Å²) in [6.07, 6.45) is 3.57. The largest absolute Gasteiger partial charge is 0.329 e. The monoisotopic (exact) mass is 220 g/mol. The zero-order valence-corrected chi connectivity index (χ0v) is 9.79. The minimum Gasteiger partial charge on any atom is -0.329 e. The lowest BCUT2D eigenvalue weighted by Gasteiger charge is -2.24. The van der Waals surface area contributed by atoms with Crippen LogP contribution in [0.5, 0.6) is 0 Å². The van der Waals surface area contributed by atoms with Gasteiger partial charge in [-0.15, -0.1) is 0 Å². The highest BCUT2D eigenvalue weighted by Gasteiger charge is 2.24. The molecule has 1 atom stereocenters. The van der Waals surface area contributed by atoms with E-state index in [-0.39, 0.29) is 11.8 Å². The Bertz CT molecular complexity index is 389. The zero-order valence-electron chi connectivity index (χ0n) is 9.79. The molecule has 5 heteroatoms. The standard InChI is InChI=1S/C11H16N4O/c1-4-5-9-10(8(3)16)7(2)14-11(15-9)13-6-12/h9H,4-5H2,1-3H3,(H2,13,14,15)/t9-/m0/s1. The molecule has 2 N–H and O–H groups in total. The SMILES string of the molecule is CCC[C@@H]1N=C(NC#N)NC(C)=C1C(C)=O.